The summed E-state index contributed by atoms with van der Waals surface area (Å²) in [5.41, 5.74) is 7.76. The maximum Gasteiger partial charge on any atom is 0.0991 e. The minimum Gasteiger partial charge on any atom is -0.351 e. The Morgan fingerprint density at radius 2 is 1.32 bits per heavy atom. The van der Waals surface area contributed by atoms with Gasteiger partial charge in [0.1, 0.15) is 0 Å². The summed E-state index contributed by atoms with van der Waals surface area (Å²) >= 11 is 0. The second-order valence-corrected chi connectivity index (χ2v) is 7.73. The molecule has 0 fully saturated rings. The van der Waals surface area contributed by atoms with E-state index in [1.165, 1.54) is 5.56 Å². The molecule has 0 atom stereocenters. The Kier molecular flexibility index (Phi) is 12.2. The minimum absolute atomic E-state index is 0.748. The Hall–Kier alpha value is -4.76. The van der Waals surface area contributed by atoms with Crippen molar-refractivity contribution < 1.29 is 0 Å². The molecule has 0 unspecified atom stereocenters. The predicted molar refractivity (Wildman–Crippen MR) is 146 cm³/mol. The molecule has 6 aromatic rings. The summed E-state index contributed by atoms with van der Waals surface area (Å²) in [6, 6.07) is 20.4. The van der Waals surface area contributed by atoms with Crippen LogP contribution in [-0.4, -0.2) is 45.2 Å². The van der Waals surface area contributed by atoms with Gasteiger partial charge in [0.05, 0.1) is 25.3 Å². The van der Waals surface area contributed by atoms with Gasteiger partial charge in [-0.05, 0) is 30.7 Å². The Morgan fingerprint density at radius 1 is 0.676 bits per heavy atom. The molecule has 0 bridgehead atoms. The summed E-state index contributed by atoms with van der Waals surface area (Å²) in [4.78, 5) is 18.3. The highest BCUT2D eigenvalue weighted by Gasteiger charge is 1.91. The number of H-pyrrole nitrogens is 1. The highest BCUT2D eigenvalue weighted by Crippen LogP contribution is 2.04. The number of aryl methyl sites for hydroxylation is 1. The van der Waals surface area contributed by atoms with Crippen LogP contribution in [0.3, 0.4) is 0 Å². The molecule has 4 aromatic heterocycles. The lowest BCUT2D eigenvalue weighted by molar-refractivity contribution is 0.650. The van der Waals surface area contributed by atoms with Gasteiger partial charge in [-0.15, -0.1) is 0 Å². The van der Waals surface area contributed by atoms with E-state index in [2.05, 4.69) is 41.6 Å². The number of hydrogen-bond acceptors (Lipinski definition) is 5. The van der Waals surface area contributed by atoms with Gasteiger partial charge in [0, 0.05) is 68.4 Å². The summed E-state index contributed by atoms with van der Waals surface area (Å²) < 4.78 is 6.04. The maximum atomic E-state index is 5.31. The molecule has 37 heavy (non-hydrogen) atoms. The van der Waals surface area contributed by atoms with Crippen molar-refractivity contribution in [3.8, 4) is 5.69 Å². The van der Waals surface area contributed by atoms with Crippen molar-refractivity contribution in [1.29, 1.82) is 0 Å². The first-order valence-corrected chi connectivity index (χ1v) is 12.0. The Labute approximate surface area is 217 Å². The molecule has 0 amide bonds. The first-order chi connectivity index (χ1) is 18.3. The molecule has 0 radical (unpaired) electrons. The fourth-order valence-corrected chi connectivity index (χ4v) is 3.09. The Balaban J connectivity index is 0.000000142. The number of aromatic nitrogens is 8. The summed E-state index contributed by atoms with van der Waals surface area (Å²) in [7, 11) is 0. The van der Waals surface area contributed by atoms with Gasteiger partial charge in [-0.25, -0.2) is 19.9 Å². The van der Waals surface area contributed by atoms with Crippen LogP contribution < -0.4 is 5.73 Å². The number of nitrogens with zero attached hydrogens (tertiary/aromatic N) is 7. The second-order valence-electron chi connectivity index (χ2n) is 7.73. The second kappa shape index (κ2) is 16.8. The Morgan fingerprint density at radius 3 is 1.84 bits per heavy atom. The molecule has 3 N–H and O–H groups in total. The van der Waals surface area contributed by atoms with E-state index in [1.807, 2.05) is 82.6 Å². The largest absolute Gasteiger partial charge is 0.351 e. The van der Waals surface area contributed by atoms with Crippen molar-refractivity contribution in [2.24, 2.45) is 5.73 Å². The zero-order valence-corrected chi connectivity index (χ0v) is 20.7. The van der Waals surface area contributed by atoms with E-state index in [1.54, 1.807) is 50.0 Å². The van der Waals surface area contributed by atoms with Crippen molar-refractivity contribution in [1.82, 2.24) is 38.6 Å². The lowest BCUT2D eigenvalue weighted by Gasteiger charge is -2.00. The van der Waals surface area contributed by atoms with Crippen LogP contribution >= 0.6 is 0 Å². The molecular weight excluding hydrogens is 462 g/mol. The molecular formula is C28H33N9. The van der Waals surface area contributed by atoms with E-state index in [0.717, 1.165) is 31.7 Å². The fourth-order valence-electron chi connectivity index (χ4n) is 3.09. The van der Waals surface area contributed by atoms with Crippen LogP contribution in [0.5, 0.6) is 0 Å². The average molecular weight is 496 g/mol. The molecule has 9 heteroatoms. The van der Waals surface area contributed by atoms with E-state index in [4.69, 9.17) is 5.73 Å². The first-order valence-electron chi connectivity index (χ1n) is 12.0. The number of nitrogens with one attached hydrogen (secondary N) is 1. The van der Waals surface area contributed by atoms with Crippen molar-refractivity contribution in [2.45, 2.75) is 19.5 Å². The van der Waals surface area contributed by atoms with Crippen molar-refractivity contribution in [3.05, 3.63) is 141 Å². The summed E-state index contributed by atoms with van der Waals surface area (Å²) in [6.45, 7) is 2.63. The molecule has 0 aliphatic rings. The molecule has 0 saturated carbocycles. The molecule has 9 nitrogen and oxygen atoms in total. The quantitative estimate of drug-likeness (QED) is 0.355. The van der Waals surface area contributed by atoms with Crippen molar-refractivity contribution in [3.63, 3.8) is 0 Å². The lowest BCUT2D eigenvalue weighted by Crippen LogP contribution is -2.03. The molecule has 2 aromatic carbocycles. The number of imidazole rings is 4. The van der Waals surface area contributed by atoms with Crippen LogP contribution in [0, 0.1) is 0 Å². The Bertz CT molecular complexity index is 1230. The van der Waals surface area contributed by atoms with Gasteiger partial charge in [-0.2, -0.15) is 0 Å². The first kappa shape index (κ1) is 26.8. The van der Waals surface area contributed by atoms with Crippen molar-refractivity contribution >= 4 is 0 Å². The summed E-state index contributed by atoms with van der Waals surface area (Å²) in [5, 5.41) is 0. The monoisotopic (exact) mass is 495 g/mol. The summed E-state index contributed by atoms with van der Waals surface area (Å²) in [5.74, 6) is 0. The molecule has 0 aliphatic carbocycles. The van der Waals surface area contributed by atoms with E-state index in [0.29, 0.717) is 0 Å². The molecule has 6 rings (SSSR count). The number of nitrogens with two attached hydrogens (primary N) is 1. The smallest absolute Gasteiger partial charge is 0.0991 e. The van der Waals surface area contributed by atoms with Crippen molar-refractivity contribution in [2.75, 3.05) is 6.54 Å². The SMILES string of the molecule is NCCCn1ccnc1.c1c[nH]cn1.c1ccc(-n2ccnc2)cc1.c1ccc(Cn2ccnc2)cc1. The van der Waals surface area contributed by atoms with Gasteiger partial charge in [0.15, 0.2) is 0 Å². The number of hydrogen-bond donors (Lipinski definition) is 2. The van der Waals surface area contributed by atoms with Crippen LogP contribution in [0.25, 0.3) is 5.69 Å². The van der Waals surface area contributed by atoms with Crippen LogP contribution in [0.1, 0.15) is 12.0 Å². The van der Waals surface area contributed by atoms with E-state index >= 15 is 0 Å². The third kappa shape index (κ3) is 11.0. The highest BCUT2D eigenvalue weighted by molar-refractivity contribution is 5.30. The van der Waals surface area contributed by atoms with Crippen LogP contribution in [0.4, 0.5) is 0 Å². The zero-order chi connectivity index (χ0) is 25.8. The van der Waals surface area contributed by atoms with Gasteiger partial charge < -0.3 is 24.4 Å². The van der Waals surface area contributed by atoms with Gasteiger partial charge in [-0.3, -0.25) is 0 Å². The normalized spacial score (nSPS) is 9.65. The number of rotatable bonds is 6. The van der Waals surface area contributed by atoms with Gasteiger partial charge in [-0.1, -0.05) is 48.5 Å². The van der Waals surface area contributed by atoms with Gasteiger partial charge in [0.2, 0.25) is 0 Å². The van der Waals surface area contributed by atoms with Crippen LogP contribution in [-0.2, 0) is 13.1 Å². The topological polar surface area (TPSA) is 108 Å². The van der Waals surface area contributed by atoms with E-state index in [9.17, 15) is 0 Å². The number of benzene rings is 2. The number of para-hydroxylation sites is 1. The third-order valence-electron chi connectivity index (χ3n) is 4.91. The van der Waals surface area contributed by atoms with Gasteiger partial charge in [0.25, 0.3) is 0 Å². The molecule has 4 heterocycles. The van der Waals surface area contributed by atoms with Crippen LogP contribution in [0.15, 0.2) is 136 Å². The maximum absolute atomic E-state index is 5.31. The average Bonchev–Trinajstić information content (AvgIpc) is 3.79. The fraction of sp³-hybridized carbons (Fsp3) is 0.143. The highest BCUT2D eigenvalue weighted by atomic mass is 15.0. The van der Waals surface area contributed by atoms with E-state index in [-0.39, 0.29) is 0 Å². The van der Waals surface area contributed by atoms with Crippen LogP contribution in [0.2, 0.25) is 0 Å². The summed E-state index contributed by atoms with van der Waals surface area (Å²) in [6.07, 6.45) is 22.7. The number of aromatic amines is 1. The standard InChI is InChI=1S/C10H10N2.C9H8N2.C6H11N3.C3H4N2/c1-2-4-10(5-3-1)8-12-7-6-11-9-12;1-2-4-9(5-3-1)11-7-6-10-8-11;7-2-1-4-9-5-3-8-6-9;1-2-5-3-4-1/h1-7,9H,8H2;1-8H;3,5-6H,1-2,4,7H2;1-3H,(H,4,5). The minimum atomic E-state index is 0.748. The van der Waals surface area contributed by atoms with Gasteiger partial charge >= 0.3 is 0 Å². The zero-order valence-electron chi connectivity index (χ0n) is 20.7. The third-order valence-corrected chi connectivity index (χ3v) is 4.91. The molecule has 190 valence electrons. The lowest BCUT2D eigenvalue weighted by atomic mass is 10.2. The molecule has 0 aliphatic heterocycles. The van der Waals surface area contributed by atoms with E-state index < -0.39 is 0 Å². The predicted octanol–water partition coefficient (Wildman–Crippen LogP) is 4.45. The molecule has 0 saturated heterocycles. The molecule has 0 spiro atoms.